The fourth-order valence-electron chi connectivity index (χ4n) is 3.63. The number of carbonyl (C=O) groups excluding carboxylic acids is 1. The van der Waals surface area contributed by atoms with E-state index in [-0.39, 0.29) is 37.0 Å². The van der Waals surface area contributed by atoms with Crippen molar-refractivity contribution in [3.05, 3.63) is 53.6 Å². The van der Waals surface area contributed by atoms with Gasteiger partial charge in [-0.1, -0.05) is 6.07 Å². The molecule has 4 rings (SSSR count). The van der Waals surface area contributed by atoms with Gasteiger partial charge in [0.2, 0.25) is 12.7 Å². The van der Waals surface area contributed by atoms with Gasteiger partial charge in [-0.05, 0) is 43.4 Å². The first-order valence-electron chi connectivity index (χ1n) is 9.36. The first kappa shape index (κ1) is 18.5. The van der Waals surface area contributed by atoms with Crippen LogP contribution in [0.25, 0.3) is 0 Å². The van der Waals surface area contributed by atoms with Gasteiger partial charge in [0.15, 0.2) is 11.5 Å². The minimum atomic E-state index is -0.653. The van der Waals surface area contributed by atoms with Gasteiger partial charge in [-0.15, -0.1) is 0 Å². The standard InChI is InChI=1S/C21H21F2NO4/c22-14-9-15(23)11-18(10-14)28-17-4-2-16(3-5-17)24-21(25)8-13-1-6-19-20(7-13)27-12-26-19/h1,6-7,9-11,16-17H,2-5,8,12H2,(H,24,25). The predicted octanol–water partition coefficient (Wildman–Crippen LogP) is 3.74. The van der Waals surface area contributed by atoms with E-state index in [0.29, 0.717) is 24.3 Å². The Bertz CT molecular complexity index is 845. The lowest BCUT2D eigenvalue weighted by Gasteiger charge is -2.29. The fourth-order valence-corrected chi connectivity index (χ4v) is 3.63. The van der Waals surface area contributed by atoms with Gasteiger partial charge in [0.1, 0.15) is 17.4 Å². The average molecular weight is 389 g/mol. The second-order valence-corrected chi connectivity index (χ2v) is 7.13. The molecule has 0 saturated heterocycles. The smallest absolute Gasteiger partial charge is 0.231 e. The van der Waals surface area contributed by atoms with Crippen molar-refractivity contribution < 1.29 is 27.8 Å². The van der Waals surface area contributed by atoms with Gasteiger partial charge in [0, 0.05) is 24.2 Å². The number of fused-ring (bicyclic) bond motifs is 1. The van der Waals surface area contributed by atoms with Crippen molar-refractivity contribution in [3.63, 3.8) is 0 Å². The summed E-state index contributed by atoms with van der Waals surface area (Å²) >= 11 is 0. The summed E-state index contributed by atoms with van der Waals surface area (Å²) in [7, 11) is 0. The maximum Gasteiger partial charge on any atom is 0.231 e. The number of hydrogen-bond donors (Lipinski definition) is 1. The Morgan fingerprint density at radius 2 is 1.71 bits per heavy atom. The van der Waals surface area contributed by atoms with E-state index in [2.05, 4.69) is 5.32 Å². The van der Waals surface area contributed by atoms with Crippen molar-refractivity contribution in [1.82, 2.24) is 5.32 Å². The lowest BCUT2D eigenvalue weighted by Crippen LogP contribution is -2.40. The van der Waals surface area contributed by atoms with E-state index >= 15 is 0 Å². The second-order valence-electron chi connectivity index (χ2n) is 7.13. The van der Waals surface area contributed by atoms with Crippen LogP contribution in [-0.2, 0) is 11.2 Å². The predicted molar refractivity (Wildman–Crippen MR) is 97.4 cm³/mol. The van der Waals surface area contributed by atoms with E-state index in [9.17, 15) is 13.6 Å². The molecule has 1 aliphatic carbocycles. The van der Waals surface area contributed by atoms with E-state index in [0.717, 1.165) is 24.5 Å². The van der Waals surface area contributed by atoms with Crippen LogP contribution in [0, 0.1) is 11.6 Å². The highest BCUT2D eigenvalue weighted by atomic mass is 19.1. The highest BCUT2D eigenvalue weighted by Crippen LogP contribution is 2.32. The van der Waals surface area contributed by atoms with Crippen LogP contribution in [0.1, 0.15) is 31.2 Å². The monoisotopic (exact) mass is 389 g/mol. The molecule has 0 atom stereocenters. The molecule has 148 valence electrons. The number of carbonyl (C=O) groups is 1. The molecule has 1 amide bonds. The number of amides is 1. The number of hydrogen-bond acceptors (Lipinski definition) is 4. The van der Waals surface area contributed by atoms with Crippen molar-refractivity contribution in [1.29, 1.82) is 0 Å². The van der Waals surface area contributed by atoms with E-state index in [1.165, 1.54) is 12.1 Å². The van der Waals surface area contributed by atoms with Crippen LogP contribution in [0.3, 0.4) is 0 Å². The van der Waals surface area contributed by atoms with E-state index < -0.39 is 11.6 Å². The number of benzene rings is 2. The third-order valence-corrected chi connectivity index (χ3v) is 4.98. The zero-order valence-electron chi connectivity index (χ0n) is 15.3. The zero-order chi connectivity index (χ0) is 19.5. The second kappa shape index (κ2) is 8.04. The minimum absolute atomic E-state index is 0.0459. The third kappa shape index (κ3) is 4.52. The van der Waals surface area contributed by atoms with Crippen LogP contribution >= 0.6 is 0 Å². The molecule has 2 aromatic carbocycles. The Balaban J connectivity index is 1.24. The molecule has 0 aromatic heterocycles. The highest BCUT2D eigenvalue weighted by molar-refractivity contribution is 5.79. The van der Waals surface area contributed by atoms with Crippen molar-refractivity contribution in [2.45, 2.75) is 44.2 Å². The van der Waals surface area contributed by atoms with Crippen molar-refractivity contribution in [3.8, 4) is 17.2 Å². The summed E-state index contributed by atoms with van der Waals surface area (Å²) in [4.78, 5) is 12.3. The molecule has 1 N–H and O–H groups in total. The molecule has 28 heavy (non-hydrogen) atoms. The van der Waals surface area contributed by atoms with Gasteiger partial charge < -0.3 is 19.5 Å². The van der Waals surface area contributed by atoms with Crippen molar-refractivity contribution >= 4 is 5.91 Å². The van der Waals surface area contributed by atoms with Crippen LogP contribution < -0.4 is 19.5 Å². The van der Waals surface area contributed by atoms with E-state index in [4.69, 9.17) is 14.2 Å². The van der Waals surface area contributed by atoms with Crippen LogP contribution in [0.4, 0.5) is 8.78 Å². The summed E-state index contributed by atoms with van der Waals surface area (Å²) in [6.45, 7) is 0.207. The van der Waals surface area contributed by atoms with Gasteiger partial charge in [0.05, 0.1) is 12.5 Å². The Kier molecular flexibility index (Phi) is 5.32. The van der Waals surface area contributed by atoms with Crippen molar-refractivity contribution in [2.75, 3.05) is 6.79 Å². The first-order chi connectivity index (χ1) is 13.5. The molecule has 1 heterocycles. The molecule has 2 aromatic rings. The number of nitrogens with one attached hydrogen (secondary N) is 1. The summed E-state index contributed by atoms with van der Waals surface area (Å²) in [6, 6.07) is 8.75. The Morgan fingerprint density at radius 3 is 2.46 bits per heavy atom. The minimum Gasteiger partial charge on any atom is -0.490 e. The SMILES string of the molecule is O=C(Cc1ccc2c(c1)OCO2)NC1CCC(Oc2cc(F)cc(F)c2)CC1. The summed E-state index contributed by atoms with van der Waals surface area (Å²) in [5, 5.41) is 3.05. The van der Waals surface area contributed by atoms with E-state index in [1.807, 2.05) is 18.2 Å². The zero-order valence-corrected chi connectivity index (χ0v) is 15.3. The molecule has 0 unspecified atom stereocenters. The van der Waals surface area contributed by atoms with Gasteiger partial charge in [0.25, 0.3) is 0 Å². The maximum atomic E-state index is 13.3. The lowest BCUT2D eigenvalue weighted by molar-refractivity contribution is -0.121. The highest BCUT2D eigenvalue weighted by Gasteiger charge is 2.24. The van der Waals surface area contributed by atoms with Gasteiger partial charge in [-0.25, -0.2) is 8.78 Å². The molecule has 0 spiro atoms. The van der Waals surface area contributed by atoms with Gasteiger partial charge in [-0.3, -0.25) is 4.79 Å². The molecule has 7 heteroatoms. The van der Waals surface area contributed by atoms with Crippen LogP contribution in [-0.4, -0.2) is 24.8 Å². The van der Waals surface area contributed by atoms with Gasteiger partial charge in [-0.2, -0.15) is 0 Å². The van der Waals surface area contributed by atoms with Crippen LogP contribution in [0.5, 0.6) is 17.2 Å². The number of rotatable bonds is 5. The summed E-state index contributed by atoms with van der Waals surface area (Å²) < 4.78 is 42.8. The largest absolute Gasteiger partial charge is 0.490 e. The van der Waals surface area contributed by atoms with Crippen LogP contribution in [0.2, 0.25) is 0 Å². The molecule has 1 fully saturated rings. The first-order valence-corrected chi connectivity index (χ1v) is 9.36. The lowest BCUT2D eigenvalue weighted by atomic mass is 9.92. The van der Waals surface area contributed by atoms with Gasteiger partial charge >= 0.3 is 0 Å². The molecule has 0 radical (unpaired) electrons. The average Bonchev–Trinajstić information content (AvgIpc) is 3.10. The fraction of sp³-hybridized carbons (Fsp3) is 0.381. The van der Waals surface area contributed by atoms with Crippen LogP contribution in [0.15, 0.2) is 36.4 Å². The quantitative estimate of drug-likeness (QED) is 0.846. The number of ether oxygens (including phenoxy) is 3. The summed E-state index contributed by atoms with van der Waals surface area (Å²) in [5.41, 5.74) is 0.868. The molecule has 0 bridgehead atoms. The summed E-state index contributed by atoms with van der Waals surface area (Å²) in [5.74, 6) is 0.208. The maximum absolute atomic E-state index is 13.3. The molecule has 1 saturated carbocycles. The molecule has 5 nitrogen and oxygen atoms in total. The number of halogens is 2. The molecule has 1 aliphatic heterocycles. The molecule has 2 aliphatic rings. The Morgan fingerprint density at radius 1 is 1.00 bits per heavy atom. The Labute approximate surface area is 161 Å². The topological polar surface area (TPSA) is 56.8 Å². The van der Waals surface area contributed by atoms with E-state index in [1.54, 1.807) is 0 Å². The molecular formula is C21H21F2NO4. The Hall–Kier alpha value is -2.83. The van der Waals surface area contributed by atoms with Crippen molar-refractivity contribution in [2.24, 2.45) is 0 Å². The molecular weight excluding hydrogens is 368 g/mol. The summed E-state index contributed by atoms with van der Waals surface area (Å²) in [6.07, 6.45) is 3.11. The normalized spacial score (nSPS) is 20.6. The third-order valence-electron chi connectivity index (χ3n) is 4.98.